The quantitative estimate of drug-likeness (QED) is 0.836. The fraction of sp³-hybridized carbons (Fsp3) is 0.462. The lowest BCUT2D eigenvalue weighted by Crippen LogP contribution is -2.28. The lowest BCUT2D eigenvalue weighted by molar-refractivity contribution is 0.0904. The number of rotatable bonds is 3. The maximum Gasteiger partial charge on any atom is 0.248 e. The molecule has 17 heavy (non-hydrogen) atoms. The molecule has 1 amide bonds. The Balaban J connectivity index is 2.08. The molecule has 0 bridgehead atoms. The zero-order valence-electron chi connectivity index (χ0n) is 10.0. The summed E-state index contributed by atoms with van der Waals surface area (Å²) in [6, 6.07) is 5.97. The lowest BCUT2D eigenvalue weighted by atomic mass is 10.1. The van der Waals surface area contributed by atoms with Crippen LogP contribution in [0, 0.1) is 6.92 Å². The standard InChI is InChI=1S/C13H18N2O2/c1-9-8-10(13(14)16)2-3-12(9)15-11-4-6-17-7-5-11/h2-3,8,11,15H,4-7H2,1H3,(H2,14,16). The molecule has 4 nitrogen and oxygen atoms in total. The molecule has 4 heteroatoms. The molecule has 0 aromatic heterocycles. The first-order valence-corrected chi connectivity index (χ1v) is 5.91. The zero-order chi connectivity index (χ0) is 12.3. The van der Waals surface area contributed by atoms with E-state index in [1.54, 1.807) is 6.07 Å². The van der Waals surface area contributed by atoms with Gasteiger partial charge in [-0.05, 0) is 43.5 Å². The molecule has 1 saturated heterocycles. The molecule has 0 spiro atoms. The predicted molar refractivity (Wildman–Crippen MR) is 67.2 cm³/mol. The topological polar surface area (TPSA) is 64.4 Å². The molecule has 2 rings (SSSR count). The molecule has 0 saturated carbocycles. The molecule has 1 aromatic carbocycles. The van der Waals surface area contributed by atoms with E-state index in [0.29, 0.717) is 11.6 Å². The summed E-state index contributed by atoms with van der Waals surface area (Å²) >= 11 is 0. The van der Waals surface area contributed by atoms with Crippen molar-refractivity contribution in [1.82, 2.24) is 0 Å². The number of hydrogen-bond donors (Lipinski definition) is 2. The average molecular weight is 234 g/mol. The minimum atomic E-state index is -0.384. The minimum absolute atomic E-state index is 0.384. The average Bonchev–Trinajstić information content (AvgIpc) is 2.33. The van der Waals surface area contributed by atoms with Gasteiger partial charge in [-0.1, -0.05) is 0 Å². The number of anilines is 1. The van der Waals surface area contributed by atoms with E-state index in [4.69, 9.17) is 10.5 Å². The van der Waals surface area contributed by atoms with Gasteiger partial charge in [0.25, 0.3) is 0 Å². The van der Waals surface area contributed by atoms with Crippen molar-refractivity contribution in [1.29, 1.82) is 0 Å². The Morgan fingerprint density at radius 3 is 2.71 bits per heavy atom. The van der Waals surface area contributed by atoms with Crippen LogP contribution in [0.15, 0.2) is 18.2 Å². The van der Waals surface area contributed by atoms with E-state index in [2.05, 4.69) is 5.32 Å². The summed E-state index contributed by atoms with van der Waals surface area (Å²) < 4.78 is 5.32. The summed E-state index contributed by atoms with van der Waals surface area (Å²) in [5.74, 6) is -0.384. The Kier molecular flexibility index (Phi) is 3.64. The van der Waals surface area contributed by atoms with Gasteiger partial charge in [-0.2, -0.15) is 0 Å². The highest BCUT2D eigenvalue weighted by molar-refractivity contribution is 5.93. The van der Waals surface area contributed by atoms with Crippen molar-refractivity contribution in [2.45, 2.75) is 25.8 Å². The third-order valence-electron chi connectivity index (χ3n) is 3.09. The number of nitrogens with one attached hydrogen (secondary N) is 1. The number of nitrogens with two attached hydrogens (primary N) is 1. The number of hydrogen-bond acceptors (Lipinski definition) is 3. The number of benzene rings is 1. The van der Waals surface area contributed by atoms with Crippen molar-refractivity contribution in [2.24, 2.45) is 5.73 Å². The Bertz CT molecular complexity index is 412. The van der Waals surface area contributed by atoms with Gasteiger partial charge in [0.05, 0.1) is 0 Å². The molecule has 0 unspecified atom stereocenters. The van der Waals surface area contributed by atoms with Crippen LogP contribution >= 0.6 is 0 Å². The van der Waals surface area contributed by atoms with Gasteiger partial charge in [-0.25, -0.2) is 0 Å². The molecule has 1 aliphatic heterocycles. The number of amides is 1. The summed E-state index contributed by atoms with van der Waals surface area (Å²) in [6.45, 7) is 3.61. The first-order valence-electron chi connectivity index (χ1n) is 5.91. The van der Waals surface area contributed by atoms with Gasteiger partial charge in [-0.3, -0.25) is 4.79 Å². The van der Waals surface area contributed by atoms with Gasteiger partial charge >= 0.3 is 0 Å². The van der Waals surface area contributed by atoms with Crippen molar-refractivity contribution in [3.63, 3.8) is 0 Å². The fourth-order valence-corrected chi connectivity index (χ4v) is 2.04. The first kappa shape index (κ1) is 11.9. The monoisotopic (exact) mass is 234 g/mol. The molecule has 1 heterocycles. The van der Waals surface area contributed by atoms with Gasteiger partial charge in [0.15, 0.2) is 0 Å². The van der Waals surface area contributed by atoms with Gasteiger partial charge < -0.3 is 15.8 Å². The number of ether oxygens (including phenoxy) is 1. The van der Waals surface area contributed by atoms with E-state index < -0.39 is 0 Å². The Morgan fingerprint density at radius 1 is 1.41 bits per heavy atom. The Morgan fingerprint density at radius 2 is 2.12 bits per heavy atom. The molecule has 1 aliphatic rings. The van der Waals surface area contributed by atoms with Crippen LogP contribution in [-0.4, -0.2) is 25.2 Å². The molecule has 0 aliphatic carbocycles. The van der Waals surface area contributed by atoms with Crippen molar-refractivity contribution in [2.75, 3.05) is 18.5 Å². The molecule has 1 aromatic rings. The van der Waals surface area contributed by atoms with E-state index in [0.717, 1.165) is 37.3 Å². The van der Waals surface area contributed by atoms with E-state index in [1.165, 1.54) is 0 Å². The zero-order valence-corrected chi connectivity index (χ0v) is 10.0. The molecule has 92 valence electrons. The lowest BCUT2D eigenvalue weighted by Gasteiger charge is -2.25. The fourth-order valence-electron chi connectivity index (χ4n) is 2.04. The van der Waals surface area contributed by atoms with Crippen LogP contribution in [0.25, 0.3) is 0 Å². The van der Waals surface area contributed by atoms with Crippen molar-refractivity contribution in [3.8, 4) is 0 Å². The van der Waals surface area contributed by atoms with Crippen LogP contribution in [0.5, 0.6) is 0 Å². The maximum absolute atomic E-state index is 11.0. The van der Waals surface area contributed by atoms with Crippen LogP contribution in [0.1, 0.15) is 28.8 Å². The van der Waals surface area contributed by atoms with Crippen molar-refractivity contribution >= 4 is 11.6 Å². The van der Waals surface area contributed by atoms with Crippen LogP contribution in [0.4, 0.5) is 5.69 Å². The maximum atomic E-state index is 11.0. The van der Waals surface area contributed by atoms with E-state index >= 15 is 0 Å². The van der Waals surface area contributed by atoms with E-state index in [1.807, 2.05) is 19.1 Å². The van der Waals surface area contributed by atoms with E-state index in [9.17, 15) is 4.79 Å². The largest absolute Gasteiger partial charge is 0.382 e. The first-order chi connectivity index (χ1) is 8.16. The molecular formula is C13H18N2O2. The summed E-state index contributed by atoms with van der Waals surface area (Å²) in [5, 5.41) is 3.48. The summed E-state index contributed by atoms with van der Waals surface area (Å²) in [6.07, 6.45) is 2.05. The van der Waals surface area contributed by atoms with Crippen LogP contribution in [-0.2, 0) is 4.74 Å². The normalized spacial score (nSPS) is 16.8. The molecule has 1 fully saturated rings. The van der Waals surface area contributed by atoms with Gasteiger partial charge in [0, 0.05) is 30.5 Å². The minimum Gasteiger partial charge on any atom is -0.382 e. The Hall–Kier alpha value is -1.55. The summed E-state index contributed by atoms with van der Waals surface area (Å²) in [4.78, 5) is 11.0. The summed E-state index contributed by atoms with van der Waals surface area (Å²) in [5.41, 5.74) is 7.92. The number of primary amides is 1. The number of carbonyl (C=O) groups is 1. The third-order valence-corrected chi connectivity index (χ3v) is 3.09. The summed E-state index contributed by atoms with van der Waals surface area (Å²) in [7, 11) is 0. The molecule has 0 radical (unpaired) electrons. The van der Waals surface area contributed by atoms with Crippen LogP contribution < -0.4 is 11.1 Å². The van der Waals surface area contributed by atoms with Gasteiger partial charge in [0.1, 0.15) is 0 Å². The van der Waals surface area contributed by atoms with Gasteiger partial charge in [0.2, 0.25) is 5.91 Å². The van der Waals surface area contributed by atoms with Crippen LogP contribution in [0.2, 0.25) is 0 Å². The number of carbonyl (C=O) groups excluding carboxylic acids is 1. The second-order valence-corrected chi connectivity index (χ2v) is 4.42. The van der Waals surface area contributed by atoms with E-state index in [-0.39, 0.29) is 5.91 Å². The molecule has 3 N–H and O–H groups in total. The molecule has 0 atom stereocenters. The SMILES string of the molecule is Cc1cc(C(N)=O)ccc1NC1CCOCC1. The van der Waals surface area contributed by atoms with Crippen molar-refractivity contribution < 1.29 is 9.53 Å². The second-order valence-electron chi connectivity index (χ2n) is 4.42. The highest BCUT2D eigenvalue weighted by Crippen LogP contribution is 2.20. The molecular weight excluding hydrogens is 216 g/mol. The van der Waals surface area contributed by atoms with Crippen LogP contribution in [0.3, 0.4) is 0 Å². The van der Waals surface area contributed by atoms with Crippen molar-refractivity contribution in [3.05, 3.63) is 29.3 Å². The third kappa shape index (κ3) is 2.97. The number of aryl methyl sites for hydroxylation is 1. The Labute approximate surface area is 101 Å². The highest BCUT2D eigenvalue weighted by Gasteiger charge is 2.14. The van der Waals surface area contributed by atoms with Gasteiger partial charge in [-0.15, -0.1) is 0 Å². The highest BCUT2D eigenvalue weighted by atomic mass is 16.5. The predicted octanol–water partition coefficient (Wildman–Crippen LogP) is 1.68. The smallest absolute Gasteiger partial charge is 0.248 e. The second kappa shape index (κ2) is 5.19.